The molecule has 2 aromatic carbocycles. The van der Waals surface area contributed by atoms with Crippen LogP contribution in [0.25, 0.3) is 11.0 Å². The summed E-state index contributed by atoms with van der Waals surface area (Å²) in [5, 5.41) is 0.862. The first-order valence-corrected chi connectivity index (χ1v) is 9.26. The van der Waals surface area contributed by atoms with Crippen LogP contribution in [0.5, 0.6) is 11.5 Å². The third-order valence-corrected chi connectivity index (χ3v) is 4.88. The number of methoxy groups -OCH3 is 2. The highest BCUT2D eigenvalue weighted by molar-refractivity contribution is 5.90. The highest BCUT2D eigenvalue weighted by Gasteiger charge is 2.20. The Hall–Kier alpha value is -3.81. The normalized spacial score (nSPS) is 11.0. The third-order valence-electron chi connectivity index (χ3n) is 4.88. The molecular weight excluding hydrogens is 387 g/mol. The van der Waals surface area contributed by atoms with Gasteiger partial charge in [-0.25, -0.2) is 9.37 Å². The van der Waals surface area contributed by atoms with Crippen molar-refractivity contribution >= 4 is 22.7 Å². The van der Waals surface area contributed by atoms with Gasteiger partial charge in [-0.2, -0.15) is 4.98 Å². The number of nitrogens with two attached hydrogens (primary N) is 2. The van der Waals surface area contributed by atoms with Crippen LogP contribution < -0.4 is 20.9 Å². The molecule has 154 valence electrons. The van der Waals surface area contributed by atoms with Crippen LogP contribution in [0.2, 0.25) is 0 Å². The second kappa shape index (κ2) is 7.90. The number of furan rings is 1. The molecule has 0 amide bonds. The number of halogens is 1. The van der Waals surface area contributed by atoms with Crippen LogP contribution in [-0.4, -0.2) is 24.2 Å². The lowest BCUT2D eigenvalue weighted by Gasteiger charge is -2.12. The fraction of sp³-hybridized carbons (Fsp3) is 0.182. The van der Waals surface area contributed by atoms with E-state index in [1.807, 2.05) is 12.1 Å². The van der Waals surface area contributed by atoms with Gasteiger partial charge in [0.1, 0.15) is 17.4 Å². The molecule has 4 aromatic rings. The largest absolute Gasteiger partial charge is 0.493 e. The van der Waals surface area contributed by atoms with Crippen LogP contribution >= 0.6 is 0 Å². The summed E-state index contributed by atoms with van der Waals surface area (Å²) in [6.45, 7) is 0. The smallest absolute Gasteiger partial charge is 0.221 e. The lowest BCUT2D eigenvalue weighted by Crippen LogP contribution is -2.04. The number of ether oxygens (including phenoxy) is 2. The lowest BCUT2D eigenvalue weighted by molar-refractivity contribution is 0.352. The van der Waals surface area contributed by atoms with Gasteiger partial charge >= 0.3 is 0 Å². The van der Waals surface area contributed by atoms with E-state index in [0.29, 0.717) is 41.5 Å². The van der Waals surface area contributed by atoms with Crippen molar-refractivity contribution in [3.05, 3.63) is 70.9 Å². The van der Waals surface area contributed by atoms with Gasteiger partial charge in [-0.15, -0.1) is 0 Å². The lowest BCUT2D eigenvalue weighted by atomic mass is 10.0. The third kappa shape index (κ3) is 3.71. The van der Waals surface area contributed by atoms with E-state index in [-0.39, 0.29) is 11.8 Å². The maximum absolute atomic E-state index is 13.2. The molecule has 4 rings (SSSR count). The molecule has 0 bridgehead atoms. The molecule has 0 fully saturated rings. The van der Waals surface area contributed by atoms with Gasteiger partial charge in [-0.3, -0.25) is 0 Å². The highest BCUT2D eigenvalue weighted by Crippen LogP contribution is 2.41. The van der Waals surface area contributed by atoms with E-state index >= 15 is 0 Å². The van der Waals surface area contributed by atoms with Gasteiger partial charge in [-0.1, -0.05) is 12.1 Å². The number of rotatable bonds is 6. The maximum Gasteiger partial charge on any atom is 0.221 e. The molecule has 7 nitrogen and oxygen atoms in total. The summed E-state index contributed by atoms with van der Waals surface area (Å²) in [5.74, 6) is 1.92. The molecular formula is C22H21FN4O3. The quantitative estimate of drug-likeness (QED) is 0.500. The summed E-state index contributed by atoms with van der Waals surface area (Å²) >= 11 is 0. The van der Waals surface area contributed by atoms with Crippen LogP contribution in [0, 0.1) is 5.82 Å². The number of aromatic nitrogens is 2. The average molecular weight is 408 g/mol. The summed E-state index contributed by atoms with van der Waals surface area (Å²) < 4.78 is 30.4. The topological polar surface area (TPSA) is 109 Å². The Bertz CT molecular complexity index is 1210. The summed E-state index contributed by atoms with van der Waals surface area (Å²) in [5.41, 5.74) is 14.8. The summed E-state index contributed by atoms with van der Waals surface area (Å²) in [4.78, 5) is 8.07. The van der Waals surface area contributed by atoms with Crippen LogP contribution in [0.1, 0.15) is 22.5 Å². The zero-order chi connectivity index (χ0) is 21.3. The van der Waals surface area contributed by atoms with E-state index < -0.39 is 0 Å². The van der Waals surface area contributed by atoms with Crippen LogP contribution in [-0.2, 0) is 12.8 Å². The summed E-state index contributed by atoms with van der Waals surface area (Å²) in [6.07, 6.45) is 2.57. The molecule has 4 N–H and O–H groups in total. The second-order valence-corrected chi connectivity index (χ2v) is 6.85. The Labute approximate surface area is 172 Å². The molecule has 0 atom stereocenters. The molecule has 2 heterocycles. The first kappa shape index (κ1) is 19.5. The van der Waals surface area contributed by atoms with Crippen molar-refractivity contribution in [2.45, 2.75) is 12.8 Å². The number of nitrogens with zero attached hydrogens (tertiary/aromatic N) is 2. The number of anilines is 2. The molecule has 0 spiro atoms. The fourth-order valence-electron chi connectivity index (χ4n) is 3.42. The van der Waals surface area contributed by atoms with Gasteiger partial charge in [0.2, 0.25) is 11.7 Å². The second-order valence-electron chi connectivity index (χ2n) is 6.85. The van der Waals surface area contributed by atoms with E-state index in [1.165, 1.54) is 12.1 Å². The first-order valence-electron chi connectivity index (χ1n) is 9.26. The van der Waals surface area contributed by atoms with Gasteiger partial charge in [-0.05, 0) is 35.4 Å². The van der Waals surface area contributed by atoms with Crippen molar-refractivity contribution in [3.8, 4) is 11.5 Å². The molecule has 0 aliphatic rings. The van der Waals surface area contributed by atoms with Gasteiger partial charge in [0.15, 0.2) is 11.3 Å². The zero-order valence-electron chi connectivity index (χ0n) is 16.6. The summed E-state index contributed by atoms with van der Waals surface area (Å²) in [6, 6.07) is 10.1. The van der Waals surface area contributed by atoms with E-state index in [2.05, 4.69) is 9.97 Å². The van der Waals surface area contributed by atoms with E-state index in [1.54, 1.807) is 32.5 Å². The molecule has 0 radical (unpaired) electrons. The van der Waals surface area contributed by atoms with E-state index in [0.717, 1.165) is 22.1 Å². The molecule has 30 heavy (non-hydrogen) atoms. The van der Waals surface area contributed by atoms with Crippen molar-refractivity contribution in [2.24, 2.45) is 0 Å². The molecule has 0 saturated heterocycles. The fourth-order valence-corrected chi connectivity index (χ4v) is 3.42. The monoisotopic (exact) mass is 408 g/mol. The van der Waals surface area contributed by atoms with E-state index in [9.17, 15) is 4.39 Å². The van der Waals surface area contributed by atoms with Gasteiger partial charge in [0.25, 0.3) is 0 Å². The Balaban J connectivity index is 1.80. The van der Waals surface area contributed by atoms with Gasteiger partial charge in [0.05, 0.1) is 14.2 Å². The minimum atomic E-state index is -0.277. The molecule has 0 saturated carbocycles. The maximum atomic E-state index is 13.2. The van der Waals surface area contributed by atoms with Gasteiger partial charge in [0, 0.05) is 30.0 Å². The minimum absolute atomic E-state index is 0.124. The molecule has 2 aromatic heterocycles. The van der Waals surface area contributed by atoms with Crippen LogP contribution in [0.3, 0.4) is 0 Å². The molecule has 0 aliphatic carbocycles. The predicted molar refractivity (Wildman–Crippen MR) is 112 cm³/mol. The molecule has 8 heteroatoms. The molecule has 0 unspecified atom stereocenters. The van der Waals surface area contributed by atoms with Crippen LogP contribution in [0.4, 0.5) is 16.2 Å². The minimum Gasteiger partial charge on any atom is -0.493 e. The Morgan fingerprint density at radius 1 is 1.00 bits per heavy atom. The Kier molecular flexibility index (Phi) is 5.14. The zero-order valence-corrected chi connectivity index (χ0v) is 16.6. The number of hydrogen-bond acceptors (Lipinski definition) is 7. The van der Waals surface area contributed by atoms with Gasteiger partial charge < -0.3 is 25.4 Å². The van der Waals surface area contributed by atoms with Crippen molar-refractivity contribution in [1.29, 1.82) is 0 Å². The summed E-state index contributed by atoms with van der Waals surface area (Å²) in [7, 11) is 3.13. The molecule has 0 aliphatic heterocycles. The average Bonchev–Trinajstić information content (AvgIpc) is 3.15. The number of benzene rings is 2. The SMILES string of the molecule is COc1cc(Cc2cnc(N)nc2N)c2cc(Cc3ccc(F)cc3)oc2c1OC. The number of fused-ring (bicyclic) bond motifs is 1. The predicted octanol–water partition coefficient (Wildman–Crippen LogP) is 3.73. The van der Waals surface area contributed by atoms with Crippen molar-refractivity contribution in [2.75, 3.05) is 25.7 Å². The van der Waals surface area contributed by atoms with Crippen molar-refractivity contribution < 1.29 is 18.3 Å². The highest BCUT2D eigenvalue weighted by atomic mass is 19.1. The first-order chi connectivity index (χ1) is 14.5. The van der Waals surface area contributed by atoms with Crippen LogP contribution in [0.15, 0.2) is 47.0 Å². The van der Waals surface area contributed by atoms with Crippen molar-refractivity contribution in [3.63, 3.8) is 0 Å². The van der Waals surface area contributed by atoms with E-state index in [4.69, 9.17) is 25.4 Å². The number of nitrogen functional groups attached to an aromatic ring is 2. The Morgan fingerprint density at radius 3 is 2.43 bits per heavy atom. The number of hydrogen-bond donors (Lipinski definition) is 2. The Morgan fingerprint density at radius 2 is 1.77 bits per heavy atom. The van der Waals surface area contributed by atoms with Crippen molar-refractivity contribution in [1.82, 2.24) is 9.97 Å². The standard InChI is InChI=1S/C22H21FN4O3/c1-28-18-9-13(8-14-11-26-22(25)27-21(14)24)17-10-16(30-19(17)20(18)29-2)7-12-3-5-15(23)6-4-12/h3-6,9-11H,7-8H2,1-2H3,(H4,24,25,26,27).